The molecule has 1 saturated heterocycles. The molecule has 1 aliphatic heterocycles. The number of ether oxygens (including phenoxy) is 1. The quantitative estimate of drug-likeness (QED) is 0.697. The Bertz CT molecular complexity index is 983. The molecule has 1 amide bonds. The lowest BCUT2D eigenvalue weighted by atomic mass is 10.1. The lowest BCUT2D eigenvalue weighted by Crippen LogP contribution is -2.36. The molecule has 8 heteroatoms. The molecule has 0 radical (unpaired) electrons. The Balaban J connectivity index is 1.41. The minimum atomic E-state index is -0.284. The lowest BCUT2D eigenvalue weighted by Gasteiger charge is -2.29. The monoisotopic (exact) mass is 411 g/mol. The van der Waals surface area contributed by atoms with Gasteiger partial charge in [0.15, 0.2) is 5.69 Å². The predicted octanol–water partition coefficient (Wildman–Crippen LogP) is 3.25. The van der Waals surface area contributed by atoms with E-state index in [9.17, 15) is 4.79 Å². The van der Waals surface area contributed by atoms with Crippen LogP contribution in [0.25, 0.3) is 5.69 Å². The third-order valence-electron chi connectivity index (χ3n) is 4.94. The maximum Gasteiger partial charge on any atom is 0.273 e. The van der Waals surface area contributed by atoms with Crippen molar-refractivity contribution in [1.82, 2.24) is 20.3 Å². The molecule has 1 unspecified atom stereocenters. The van der Waals surface area contributed by atoms with Crippen molar-refractivity contribution < 1.29 is 9.53 Å². The van der Waals surface area contributed by atoms with E-state index in [1.807, 2.05) is 37.3 Å². The van der Waals surface area contributed by atoms with Crippen LogP contribution in [0.2, 0.25) is 5.02 Å². The highest BCUT2D eigenvalue weighted by atomic mass is 35.5. The first-order chi connectivity index (χ1) is 14.1. The standard InChI is InChI=1S/C21H22ClN5O2/c1-15(16-6-8-17(9-7-16)26-10-12-29-13-11-26)23-21(28)19-14-27(25-24-19)20-5-3-2-4-18(20)22/h2-9,14-15H,10-13H2,1H3,(H,23,28). The Hall–Kier alpha value is -2.90. The number of carbonyl (C=O) groups excluding carboxylic acids is 1. The van der Waals surface area contributed by atoms with E-state index in [1.54, 1.807) is 12.3 Å². The van der Waals surface area contributed by atoms with Gasteiger partial charge in [-0.2, -0.15) is 0 Å². The van der Waals surface area contributed by atoms with Gasteiger partial charge in [0.1, 0.15) is 0 Å². The molecular weight excluding hydrogens is 390 g/mol. The maximum absolute atomic E-state index is 12.6. The van der Waals surface area contributed by atoms with Crippen LogP contribution in [0, 0.1) is 0 Å². The van der Waals surface area contributed by atoms with E-state index in [-0.39, 0.29) is 17.6 Å². The number of nitrogens with one attached hydrogen (secondary N) is 1. The zero-order valence-corrected chi connectivity index (χ0v) is 16.8. The molecule has 1 aromatic heterocycles. The normalized spacial score (nSPS) is 15.2. The van der Waals surface area contributed by atoms with Crippen molar-refractivity contribution in [2.24, 2.45) is 0 Å². The van der Waals surface area contributed by atoms with Crippen LogP contribution in [-0.4, -0.2) is 47.2 Å². The smallest absolute Gasteiger partial charge is 0.273 e. The molecule has 29 heavy (non-hydrogen) atoms. The summed E-state index contributed by atoms with van der Waals surface area (Å²) in [7, 11) is 0. The van der Waals surface area contributed by atoms with Gasteiger partial charge in [-0.05, 0) is 36.8 Å². The molecule has 7 nitrogen and oxygen atoms in total. The van der Waals surface area contributed by atoms with Crippen LogP contribution in [0.5, 0.6) is 0 Å². The third kappa shape index (κ3) is 4.41. The second-order valence-electron chi connectivity index (χ2n) is 6.89. The first kappa shape index (κ1) is 19.4. The Morgan fingerprint density at radius 3 is 2.59 bits per heavy atom. The van der Waals surface area contributed by atoms with Gasteiger partial charge in [0, 0.05) is 18.8 Å². The number of hydrogen-bond acceptors (Lipinski definition) is 5. The number of nitrogens with zero attached hydrogens (tertiary/aromatic N) is 4. The lowest BCUT2D eigenvalue weighted by molar-refractivity contribution is 0.0934. The molecule has 1 N–H and O–H groups in total. The van der Waals surface area contributed by atoms with E-state index in [4.69, 9.17) is 16.3 Å². The van der Waals surface area contributed by atoms with Crippen molar-refractivity contribution in [2.45, 2.75) is 13.0 Å². The van der Waals surface area contributed by atoms with Crippen LogP contribution in [0.1, 0.15) is 29.0 Å². The number of aromatic nitrogens is 3. The summed E-state index contributed by atoms with van der Waals surface area (Å²) < 4.78 is 6.90. The molecule has 1 atom stereocenters. The van der Waals surface area contributed by atoms with Gasteiger partial charge in [-0.3, -0.25) is 4.79 Å². The van der Waals surface area contributed by atoms with Gasteiger partial charge in [0.05, 0.1) is 36.2 Å². The molecule has 1 fully saturated rings. The Morgan fingerprint density at radius 1 is 1.14 bits per heavy atom. The molecule has 0 aliphatic carbocycles. The number of carbonyl (C=O) groups is 1. The second kappa shape index (κ2) is 8.63. The van der Waals surface area contributed by atoms with Crippen molar-refractivity contribution in [1.29, 1.82) is 0 Å². The summed E-state index contributed by atoms with van der Waals surface area (Å²) in [5.41, 5.74) is 3.10. The predicted molar refractivity (Wildman–Crippen MR) is 112 cm³/mol. The number of rotatable bonds is 5. The van der Waals surface area contributed by atoms with E-state index in [2.05, 4.69) is 32.7 Å². The van der Waals surface area contributed by atoms with Gasteiger partial charge < -0.3 is 15.0 Å². The molecule has 3 aromatic rings. The molecule has 0 spiro atoms. The summed E-state index contributed by atoms with van der Waals surface area (Å²) in [6, 6.07) is 15.3. The van der Waals surface area contributed by atoms with Crippen LogP contribution >= 0.6 is 11.6 Å². The van der Waals surface area contributed by atoms with Crippen molar-refractivity contribution in [2.75, 3.05) is 31.2 Å². The van der Waals surface area contributed by atoms with E-state index >= 15 is 0 Å². The first-order valence-corrected chi connectivity index (χ1v) is 9.90. The molecule has 1 aliphatic rings. The number of para-hydroxylation sites is 1. The number of benzene rings is 2. The number of amides is 1. The number of halogens is 1. The van der Waals surface area contributed by atoms with Crippen molar-refractivity contribution in [3.63, 3.8) is 0 Å². The highest BCUT2D eigenvalue weighted by Crippen LogP contribution is 2.21. The zero-order chi connectivity index (χ0) is 20.2. The van der Waals surface area contributed by atoms with Crippen molar-refractivity contribution in [3.8, 4) is 5.69 Å². The summed E-state index contributed by atoms with van der Waals surface area (Å²) in [6.45, 7) is 5.24. The van der Waals surface area contributed by atoms with E-state index in [0.717, 1.165) is 31.9 Å². The van der Waals surface area contributed by atoms with Gasteiger partial charge in [0.2, 0.25) is 0 Å². The highest BCUT2D eigenvalue weighted by Gasteiger charge is 2.17. The average molecular weight is 412 g/mol. The summed E-state index contributed by atoms with van der Waals surface area (Å²) in [4.78, 5) is 14.9. The van der Waals surface area contributed by atoms with E-state index in [1.165, 1.54) is 10.4 Å². The largest absolute Gasteiger partial charge is 0.378 e. The molecule has 150 valence electrons. The highest BCUT2D eigenvalue weighted by molar-refractivity contribution is 6.32. The van der Waals surface area contributed by atoms with Crippen molar-refractivity contribution >= 4 is 23.2 Å². The fourth-order valence-electron chi connectivity index (χ4n) is 3.27. The number of anilines is 1. The van der Waals surface area contributed by atoms with E-state index < -0.39 is 0 Å². The van der Waals surface area contributed by atoms with Gasteiger partial charge in [0.25, 0.3) is 5.91 Å². The third-order valence-corrected chi connectivity index (χ3v) is 5.26. The maximum atomic E-state index is 12.6. The fourth-order valence-corrected chi connectivity index (χ4v) is 3.49. The van der Waals surface area contributed by atoms with Gasteiger partial charge in [-0.25, -0.2) is 4.68 Å². The van der Waals surface area contributed by atoms with Gasteiger partial charge in [-0.1, -0.05) is 41.1 Å². The minimum absolute atomic E-state index is 0.160. The molecule has 2 heterocycles. The van der Waals surface area contributed by atoms with Crippen LogP contribution in [-0.2, 0) is 4.74 Å². The second-order valence-corrected chi connectivity index (χ2v) is 7.29. The number of morpholine rings is 1. The molecule has 0 saturated carbocycles. The van der Waals surface area contributed by atoms with Gasteiger partial charge in [-0.15, -0.1) is 5.10 Å². The Morgan fingerprint density at radius 2 is 1.86 bits per heavy atom. The summed E-state index contributed by atoms with van der Waals surface area (Å²) in [5.74, 6) is -0.284. The van der Waals surface area contributed by atoms with Crippen molar-refractivity contribution in [3.05, 3.63) is 71.0 Å². The summed E-state index contributed by atoms with van der Waals surface area (Å²) in [5, 5.41) is 11.5. The minimum Gasteiger partial charge on any atom is -0.378 e. The van der Waals surface area contributed by atoms with Crippen LogP contribution in [0.4, 0.5) is 5.69 Å². The van der Waals surface area contributed by atoms with Crippen LogP contribution in [0.15, 0.2) is 54.7 Å². The summed E-state index contributed by atoms with van der Waals surface area (Å²) >= 11 is 6.18. The number of hydrogen-bond donors (Lipinski definition) is 1. The SMILES string of the molecule is CC(NC(=O)c1cn(-c2ccccc2Cl)nn1)c1ccc(N2CCOCC2)cc1. The Kier molecular flexibility index (Phi) is 5.78. The van der Waals surface area contributed by atoms with E-state index in [0.29, 0.717) is 10.7 Å². The average Bonchev–Trinajstić information content (AvgIpc) is 3.25. The molecule has 0 bridgehead atoms. The first-order valence-electron chi connectivity index (χ1n) is 9.52. The van der Waals surface area contributed by atoms with Crippen LogP contribution in [0.3, 0.4) is 0 Å². The van der Waals surface area contributed by atoms with Crippen LogP contribution < -0.4 is 10.2 Å². The summed E-state index contributed by atoms with van der Waals surface area (Å²) in [6.07, 6.45) is 1.57. The zero-order valence-electron chi connectivity index (χ0n) is 16.1. The van der Waals surface area contributed by atoms with Gasteiger partial charge >= 0.3 is 0 Å². The molecule has 2 aromatic carbocycles. The Labute approximate surface area is 174 Å². The molecule has 4 rings (SSSR count). The topological polar surface area (TPSA) is 72.3 Å². The molecular formula is C21H22ClN5O2. The fraction of sp³-hybridized carbons (Fsp3) is 0.286.